The molecule has 1 aliphatic carbocycles. The molecule has 2 amide bonds. The zero-order valence-electron chi connectivity index (χ0n) is 25.1. The van der Waals surface area contributed by atoms with Crippen molar-refractivity contribution in [1.29, 1.82) is 0 Å². The van der Waals surface area contributed by atoms with Crippen LogP contribution in [-0.2, 0) is 26.2 Å². The maximum Gasteiger partial charge on any atom is 0.264 e. The van der Waals surface area contributed by atoms with Gasteiger partial charge in [0.1, 0.15) is 24.1 Å². The first kappa shape index (κ1) is 31.9. The molecule has 0 saturated heterocycles. The highest BCUT2D eigenvalue weighted by atomic mass is 32.2. The first-order valence-corrected chi connectivity index (χ1v) is 16.2. The molecule has 1 aliphatic rings. The van der Waals surface area contributed by atoms with E-state index in [4.69, 9.17) is 9.47 Å². The molecule has 10 heteroatoms. The Morgan fingerprint density at radius 3 is 2.12 bits per heavy atom. The number of hydrogen-bond donors (Lipinski definition) is 1. The predicted molar refractivity (Wildman–Crippen MR) is 167 cm³/mol. The normalized spacial score (nSPS) is 14.1. The fourth-order valence-electron chi connectivity index (χ4n) is 5.34. The molecule has 9 nitrogen and oxygen atoms in total. The summed E-state index contributed by atoms with van der Waals surface area (Å²) in [6.45, 7) is 3.81. The van der Waals surface area contributed by atoms with Gasteiger partial charge in [-0.25, -0.2) is 8.42 Å². The third-order valence-electron chi connectivity index (χ3n) is 7.65. The number of carbonyl (C=O) groups excluding carboxylic acids is 2. The number of sulfonamides is 1. The number of para-hydroxylation sites is 1. The Morgan fingerprint density at radius 1 is 0.907 bits per heavy atom. The molecule has 3 aromatic carbocycles. The van der Waals surface area contributed by atoms with Crippen molar-refractivity contribution in [2.45, 2.75) is 69.5 Å². The van der Waals surface area contributed by atoms with Crippen LogP contribution in [-0.4, -0.2) is 57.5 Å². The van der Waals surface area contributed by atoms with E-state index in [-0.39, 0.29) is 23.4 Å². The number of anilines is 1. The lowest BCUT2D eigenvalue weighted by molar-refractivity contribution is -0.140. The first-order valence-electron chi connectivity index (χ1n) is 14.8. The molecule has 4 rings (SSSR count). The summed E-state index contributed by atoms with van der Waals surface area (Å²) >= 11 is 0. The van der Waals surface area contributed by atoms with Gasteiger partial charge in [-0.2, -0.15) is 0 Å². The molecule has 43 heavy (non-hydrogen) atoms. The number of nitrogens with one attached hydrogen (secondary N) is 1. The monoisotopic (exact) mass is 607 g/mol. The van der Waals surface area contributed by atoms with Crippen LogP contribution in [0.3, 0.4) is 0 Å². The highest BCUT2D eigenvalue weighted by Crippen LogP contribution is 2.26. The highest BCUT2D eigenvalue weighted by molar-refractivity contribution is 7.92. The minimum atomic E-state index is -4.15. The van der Waals surface area contributed by atoms with Crippen molar-refractivity contribution in [2.75, 3.05) is 24.6 Å². The molecular weight excluding hydrogens is 566 g/mol. The van der Waals surface area contributed by atoms with Crippen LogP contribution in [0.4, 0.5) is 5.69 Å². The molecule has 1 saturated carbocycles. The van der Waals surface area contributed by atoms with E-state index in [0.717, 1.165) is 35.6 Å². The third-order valence-corrected chi connectivity index (χ3v) is 9.43. The van der Waals surface area contributed by atoms with Crippen molar-refractivity contribution >= 4 is 27.5 Å². The second-order valence-corrected chi connectivity index (χ2v) is 12.4. The van der Waals surface area contributed by atoms with Crippen molar-refractivity contribution in [3.63, 3.8) is 0 Å². The lowest BCUT2D eigenvalue weighted by Gasteiger charge is -2.33. The standard InChI is InChI=1S/C33H41N3O6S/c1-4-31(33(38)34-26-11-9-10-12-26)35(23-25-15-17-28(41-3)18-16-25)32(37)24-36(27-13-7-6-8-14-27)43(39,40)30-21-19-29(20-22-30)42-5-2/h6-8,13-22,26,31H,4-5,9-12,23-24H2,1-3H3,(H,34,38)/t31-/m1/s1. The smallest absolute Gasteiger partial charge is 0.264 e. The van der Waals surface area contributed by atoms with E-state index in [1.165, 1.54) is 17.0 Å². The molecule has 0 radical (unpaired) electrons. The van der Waals surface area contributed by atoms with E-state index in [1.807, 2.05) is 26.0 Å². The van der Waals surface area contributed by atoms with Gasteiger partial charge in [0.2, 0.25) is 11.8 Å². The summed E-state index contributed by atoms with van der Waals surface area (Å²) in [5.74, 6) is 0.511. The van der Waals surface area contributed by atoms with Crippen LogP contribution in [0.2, 0.25) is 0 Å². The molecule has 0 aromatic heterocycles. The molecule has 1 N–H and O–H groups in total. The van der Waals surface area contributed by atoms with Gasteiger partial charge in [0, 0.05) is 12.6 Å². The Labute approximate surface area is 254 Å². The van der Waals surface area contributed by atoms with Gasteiger partial charge in [-0.05, 0) is 80.3 Å². The van der Waals surface area contributed by atoms with Crippen molar-refractivity contribution in [3.05, 3.63) is 84.4 Å². The molecule has 0 spiro atoms. The summed E-state index contributed by atoms with van der Waals surface area (Å²) in [7, 11) is -2.58. The number of carbonyl (C=O) groups is 2. The second kappa shape index (κ2) is 14.9. The van der Waals surface area contributed by atoms with E-state index >= 15 is 0 Å². The number of hydrogen-bond acceptors (Lipinski definition) is 6. The first-order chi connectivity index (χ1) is 20.8. The number of nitrogens with zero attached hydrogens (tertiary/aromatic N) is 2. The van der Waals surface area contributed by atoms with Gasteiger partial charge in [0.15, 0.2) is 0 Å². The van der Waals surface area contributed by atoms with Crippen LogP contribution in [0.5, 0.6) is 11.5 Å². The van der Waals surface area contributed by atoms with Crippen molar-refractivity contribution < 1.29 is 27.5 Å². The van der Waals surface area contributed by atoms with Crippen molar-refractivity contribution in [2.24, 2.45) is 0 Å². The second-order valence-electron chi connectivity index (χ2n) is 10.5. The molecule has 0 bridgehead atoms. The lowest BCUT2D eigenvalue weighted by Crippen LogP contribution is -2.53. The zero-order chi connectivity index (χ0) is 30.8. The fraction of sp³-hybridized carbons (Fsp3) is 0.394. The Morgan fingerprint density at radius 2 is 1.53 bits per heavy atom. The van der Waals surface area contributed by atoms with E-state index in [0.29, 0.717) is 30.2 Å². The lowest BCUT2D eigenvalue weighted by atomic mass is 10.1. The summed E-state index contributed by atoms with van der Waals surface area (Å²) in [6, 6.07) is 21.2. The molecule has 0 unspecified atom stereocenters. The SMILES string of the molecule is CCOc1ccc(S(=O)(=O)N(CC(=O)N(Cc2ccc(OC)cc2)[C@H](CC)C(=O)NC2CCCC2)c2ccccc2)cc1. The van der Waals surface area contributed by atoms with Gasteiger partial charge in [0.05, 0.1) is 24.3 Å². The van der Waals surface area contributed by atoms with Crippen LogP contribution >= 0.6 is 0 Å². The Bertz CT molecular complexity index is 1440. The summed E-state index contributed by atoms with van der Waals surface area (Å²) in [5, 5.41) is 3.13. The molecule has 1 fully saturated rings. The number of rotatable bonds is 14. The van der Waals surface area contributed by atoms with E-state index in [1.54, 1.807) is 61.7 Å². The molecule has 0 aliphatic heterocycles. The number of amides is 2. The van der Waals surface area contributed by atoms with Gasteiger partial charge >= 0.3 is 0 Å². The Hall–Kier alpha value is -4.05. The third kappa shape index (κ3) is 8.07. The van der Waals surface area contributed by atoms with E-state index in [2.05, 4.69) is 5.32 Å². The zero-order valence-corrected chi connectivity index (χ0v) is 25.9. The van der Waals surface area contributed by atoms with E-state index < -0.39 is 28.5 Å². The topological polar surface area (TPSA) is 105 Å². The van der Waals surface area contributed by atoms with Gasteiger partial charge in [-0.1, -0.05) is 50.1 Å². The van der Waals surface area contributed by atoms with Gasteiger partial charge in [-0.3, -0.25) is 13.9 Å². The average Bonchev–Trinajstić information content (AvgIpc) is 3.53. The quantitative estimate of drug-likeness (QED) is 0.272. The summed E-state index contributed by atoms with van der Waals surface area (Å²) in [4.78, 5) is 29.3. The molecule has 1 atom stereocenters. The minimum Gasteiger partial charge on any atom is -0.497 e. The Balaban J connectivity index is 1.68. The van der Waals surface area contributed by atoms with Crippen LogP contribution in [0.15, 0.2) is 83.8 Å². The maximum absolute atomic E-state index is 14.2. The van der Waals surface area contributed by atoms with Crippen molar-refractivity contribution in [3.8, 4) is 11.5 Å². The minimum absolute atomic E-state index is 0.0281. The Kier molecular flexibility index (Phi) is 11.1. The summed E-state index contributed by atoms with van der Waals surface area (Å²) in [5.41, 5.74) is 1.14. The highest BCUT2D eigenvalue weighted by Gasteiger charge is 2.34. The average molecular weight is 608 g/mol. The molecule has 0 heterocycles. The number of ether oxygens (including phenoxy) is 2. The predicted octanol–water partition coefficient (Wildman–Crippen LogP) is 5.16. The van der Waals surface area contributed by atoms with Crippen LogP contribution in [0.25, 0.3) is 0 Å². The van der Waals surface area contributed by atoms with Crippen LogP contribution in [0, 0.1) is 0 Å². The fourth-order valence-corrected chi connectivity index (χ4v) is 6.75. The van der Waals surface area contributed by atoms with Crippen LogP contribution < -0.4 is 19.1 Å². The van der Waals surface area contributed by atoms with Crippen molar-refractivity contribution in [1.82, 2.24) is 10.2 Å². The summed E-state index contributed by atoms with van der Waals surface area (Å²) in [6.07, 6.45) is 4.32. The molecular formula is C33H41N3O6S. The van der Waals surface area contributed by atoms with Gasteiger partial charge in [0.25, 0.3) is 10.0 Å². The number of benzene rings is 3. The number of methoxy groups -OCH3 is 1. The van der Waals surface area contributed by atoms with Crippen LogP contribution in [0.1, 0.15) is 51.5 Å². The largest absolute Gasteiger partial charge is 0.497 e. The molecule has 230 valence electrons. The summed E-state index contributed by atoms with van der Waals surface area (Å²) < 4.78 is 39.9. The van der Waals surface area contributed by atoms with E-state index in [9.17, 15) is 18.0 Å². The molecule has 3 aromatic rings. The van der Waals surface area contributed by atoms with Gasteiger partial charge in [-0.15, -0.1) is 0 Å². The van der Waals surface area contributed by atoms with Gasteiger partial charge < -0.3 is 19.7 Å². The maximum atomic E-state index is 14.2.